The molecule has 0 aromatic carbocycles. The van der Waals surface area contributed by atoms with Crippen LogP contribution in [-0.2, 0) is 19.1 Å². The maximum Gasteiger partial charge on any atom is 0.312 e. The van der Waals surface area contributed by atoms with Crippen LogP contribution in [0.25, 0.3) is 0 Å². The van der Waals surface area contributed by atoms with E-state index in [2.05, 4.69) is 13.8 Å². The second-order valence-corrected chi connectivity index (χ2v) is 9.70. The van der Waals surface area contributed by atoms with Crippen molar-refractivity contribution in [2.75, 3.05) is 0 Å². The fraction of sp³-hybridized carbons (Fsp3) is 0.909. The van der Waals surface area contributed by atoms with E-state index in [1.54, 1.807) is 0 Å². The van der Waals surface area contributed by atoms with Crippen LogP contribution in [0.3, 0.4) is 0 Å². The molecular weight excluding hydrogens is 328 g/mol. The maximum atomic E-state index is 13.3. The molecule has 4 fully saturated rings. The smallest absolute Gasteiger partial charge is 0.312 e. The summed E-state index contributed by atoms with van der Waals surface area (Å²) in [6.45, 7) is 10.1. The summed E-state index contributed by atoms with van der Waals surface area (Å²) in [7, 11) is 0. The first-order valence-electron chi connectivity index (χ1n) is 10.6. The Morgan fingerprint density at radius 3 is 2.15 bits per heavy atom. The Bertz CT molecular complexity index is 548. The van der Waals surface area contributed by atoms with Crippen LogP contribution in [0.15, 0.2) is 0 Å². The third-order valence-electron chi connectivity index (χ3n) is 7.61. The van der Waals surface area contributed by atoms with Crippen molar-refractivity contribution in [3.63, 3.8) is 0 Å². The number of carbonyl (C=O) groups excluding carboxylic acids is 2. The lowest BCUT2D eigenvalue weighted by Gasteiger charge is -2.60. The molecular formula is C22H36O4. The molecule has 4 aliphatic carbocycles. The average Bonchev–Trinajstić information content (AvgIpc) is 2.59. The summed E-state index contributed by atoms with van der Waals surface area (Å²) in [4.78, 5) is 25.8. The second-order valence-electron chi connectivity index (χ2n) is 9.70. The molecule has 0 radical (unpaired) electrons. The molecule has 4 bridgehead atoms. The van der Waals surface area contributed by atoms with Gasteiger partial charge in [-0.1, -0.05) is 27.7 Å². The SMILES string of the molecule is CCC(C)C(=O)OC12CC3CC(C1)CC(C(=O)OC(C)(CC)CC)(C3)C2. The van der Waals surface area contributed by atoms with E-state index in [-0.39, 0.29) is 23.5 Å². The van der Waals surface area contributed by atoms with Crippen molar-refractivity contribution in [3.05, 3.63) is 0 Å². The van der Waals surface area contributed by atoms with Gasteiger partial charge in [-0.2, -0.15) is 0 Å². The molecule has 4 aliphatic rings. The zero-order valence-electron chi connectivity index (χ0n) is 17.2. The summed E-state index contributed by atoms with van der Waals surface area (Å²) in [5.41, 5.74) is -1.26. The molecule has 0 aromatic rings. The standard InChI is InChI=1S/C22H36O4/c1-6-15(4)18(23)25-22-12-16-9-17(13-22)11-21(10-16,14-22)19(24)26-20(5,7-2)8-3/h15-17H,6-14H2,1-5H3. The summed E-state index contributed by atoms with van der Waals surface area (Å²) >= 11 is 0. The van der Waals surface area contributed by atoms with Crippen LogP contribution in [0.2, 0.25) is 0 Å². The van der Waals surface area contributed by atoms with E-state index in [9.17, 15) is 9.59 Å². The lowest BCUT2D eigenvalue weighted by Crippen LogP contribution is -2.60. The molecule has 4 nitrogen and oxygen atoms in total. The third kappa shape index (κ3) is 3.41. The largest absolute Gasteiger partial charge is 0.459 e. The van der Waals surface area contributed by atoms with Gasteiger partial charge in [0.05, 0.1) is 11.3 Å². The number of rotatable bonds is 7. The Hall–Kier alpha value is -1.06. The van der Waals surface area contributed by atoms with E-state index in [0.717, 1.165) is 44.9 Å². The number of ether oxygens (including phenoxy) is 2. The van der Waals surface area contributed by atoms with Crippen LogP contribution < -0.4 is 0 Å². The molecule has 3 unspecified atom stereocenters. The molecule has 26 heavy (non-hydrogen) atoms. The minimum Gasteiger partial charge on any atom is -0.459 e. The van der Waals surface area contributed by atoms with Gasteiger partial charge in [-0.3, -0.25) is 9.59 Å². The quantitative estimate of drug-likeness (QED) is 0.594. The van der Waals surface area contributed by atoms with Crippen LogP contribution in [0.4, 0.5) is 0 Å². The lowest BCUT2D eigenvalue weighted by atomic mass is 9.48. The van der Waals surface area contributed by atoms with Crippen molar-refractivity contribution < 1.29 is 19.1 Å². The molecule has 4 rings (SSSR count). The van der Waals surface area contributed by atoms with Crippen molar-refractivity contribution in [2.45, 2.75) is 104 Å². The predicted octanol–water partition coefficient (Wildman–Crippen LogP) is 5.04. The monoisotopic (exact) mass is 364 g/mol. The minimum atomic E-state index is -0.439. The highest BCUT2D eigenvalue weighted by Gasteiger charge is 2.63. The summed E-state index contributed by atoms with van der Waals surface area (Å²) < 4.78 is 12.2. The van der Waals surface area contributed by atoms with Gasteiger partial charge in [-0.05, 0) is 70.1 Å². The van der Waals surface area contributed by atoms with Crippen molar-refractivity contribution in [1.29, 1.82) is 0 Å². The number of hydrogen-bond acceptors (Lipinski definition) is 4. The number of hydrogen-bond donors (Lipinski definition) is 0. The normalized spacial score (nSPS) is 36.7. The molecule has 0 aliphatic heterocycles. The molecule has 0 heterocycles. The van der Waals surface area contributed by atoms with Gasteiger partial charge in [0.25, 0.3) is 0 Å². The molecule has 0 amide bonds. The Balaban J connectivity index is 1.81. The van der Waals surface area contributed by atoms with Crippen molar-refractivity contribution in [3.8, 4) is 0 Å². The van der Waals surface area contributed by atoms with E-state index in [4.69, 9.17) is 9.47 Å². The summed E-state index contributed by atoms with van der Waals surface area (Å²) in [6, 6.07) is 0. The highest BCUT2D eigenvalue weighted by atomic mass is 16.6. The van der Waals surface area contributed by atoms with E-state index in [0.29, 0.717) is 18.3 Å². The molecule has 0 aromatic heterocycles. The molecule has 0 N–H and O–H groups in total. The zero-order valence-corrected chi connectivity index (χ0v) is 17.2. The van der Waals surface area contributed by atoms with Gasteiger partial charge in [-0.15, -0.1) is 0 Å². The van der Waals surface area contributed by atoms with E-state index in [1.165, 1.54) is 6.42 Å². The summed E-state index contributed by atoms with van der Waals surface area (Å²) in [5.74, 6) is 0.771. The molecule has 4 saturated carbocycles. The molecule has 148 valence electrons. The number of esters is 2. The fourth-order valence-corrected chi connectivity index (χ4v) is 5.74. The van der Waals surface area contributed by atoms with E-state index < -0.39 is 11.0 Å². The van der Waals surface area contributed by atoms with Crippen molar-refractivity contribution in [2.24, 2.45) is 23.2 Å². The predicted molar refractivity (Wildman–Crippen MR) is 100 cm³/mol. The average molecular weight is 365 g/mol. The van der Waals surface area contributed by atoms with Gasteiger partial charge in [0.2, 0.25) is 0 Å². The van der Waals surface area contributed by atoms with Gasteiger partial charge in [0.1, 0.15) is 11.2 Å². The van der Waals surface area contributed by atoms with Crippen LogP contribution in [0.1, 0.15) is 92.4 Å². The van der Waals surface area contributed by atoms with E-state index in [1.807, 2.05) is 20.8 Å². The Morgan fingerprint density at radius 1 is 1.08 bits per heavy atom. The minimum absolute atomic E-state index is 0.0400. The van der Waals surface area contributed by atoms with Crippen molar-refractivity contribution >= 4 is 11.9 Å². The lowest BCUT2D eigenvalue weighted by molar-refractivity contribution is -0.220. The maximum absolute atomic E-state index is 13.3. The zero-order chi connectivity index (χ0) is 19.2. The van der Waals surface area contributed by atoms with Gasteiger partial charge >= 0.3 is 11.9 Å². The van der Waals surface area contributed by atoms with Crippen LogP contribution in [-0.4, -0.2) is 23.1 Å². The first-order chi connectivity index (χ1) is 12.2. The Morgan fingerprint density at radius 2 is 1.65 bits per heavy atom. The van der Waals surface area contributed by atoms with Crippen LogP contribution in [0.5, 0.6) is 0 Å². The highest BCUT2D eigenvalue weighted by molar-refractivity contribution is 5.79. The van der Waals surface area contributed by atoms with Crippen molar-refractivity contribution in [1.82, 2.24) is 0 Å². The Labute approximate surface area is 158 Å². The van der Waals surface area contributed by atoms with Gasteiger partial charge in [-0.25, -0.2) is 0 Å². The highest BCUT2D eigenvalue weighted by Crippen LogP contribution is 2.63. The molecule has 0 saturated heterocycles. The molecule has 3 atom stereocenters. The van der Waals surface area contributed by atoms with Crippen LogP contribution >= 0.6 is 0 Å². The second kappa shape index (κ2) is 6.83. The van der Waals surface area contributed by atoms with Gasteiger partial charge in [0, 0.05) is 6.42 Å². The van der Waals surface area contributed by atoms with Gasteiger partial charge < -0.3 is 9.47 Å². The van der Waals surface area contributed by atoms with Crippen LogP contribution in [0, 0.1) is 23.2 Å². The van der Waals surface area contributed by atoms with E-state index >= 15 is 0 Å². The Kier molecular flexibility index (Phi) is 5.18. The first-order valence-corrected chi connectivity index (χ1v) is 10.6. The number of carbonyl (C=O) groups is 2. The van der Waals surface area contributed by atoms with Gasteiger partial charge in [0.15, 0.2) is 0 Å². The third-order valence-corrected chi connectivity index (χ3v) is 7.61. The molecule has 4 heteroatoms. The fourth-order valence-electron chi connectivity index (χ4n) is 5.74. The first kappa shape index (κ1) is 19.7. The summed E-state index contributed by atoms with van der Waals surface area (Å²) in [6.07, 6.45) is 7.97. The summed E-state index contributed by atoms with van der Waals surface area (Å²) in [5, 5.41) is 0. The topological polar surface area (TPSA) is 52.6 Å². The molecule has 0 spiro atoms.